The van der Waals surface area contributed by atoms with Gasteiger partial charge in [0.15, 0.2) is 0 Å². The van der Waals surface area contributed by atoms with E-state index in [0.717, 1.165) is 31.8 Å². The Morgan fingerprint density at radius 1 is 1.47 bits per heavy atom. The van der Waals surface area contributed by atoms with Crippen molar-refractivity contribution in [1.29, 1.82) is 0 Å². The molecule has 0 N–H and O–H groups in total. The maximum atomic E-state index is 10.5. The molecule has 1 aromatic carbocycles. The van der Waals surface area contributed by atoms with Crippen LogP contribution in [0.15, 0.2) is 24.3 Å². The Morgan fingerprint density at radius 2 is 2.18 bits per heavy atom. The first-order valence-corrected chi connectivity index (χ1v) is 5.81. The van der Waals surface area contributed by atoms with Crippen molar-refractivity contribution in [2.24, 2.45) is 0 Å². The minimum absolute atomic E-state index is 0.134. The fourth-order valence-electron chi connectivity index (χ4n) is 2.12. The number of rotatable bonds is 4. The van der Waals surface area contributed by atoms with Gasteiger partial charge in [-0.3, -0.25) is 10.1 Å². The number of hydrogen-bond acceptors (Lipinski definition) is 4. The molecule has 0 spiro atoms. The highest BCUT2D eigenvalue weighted by atomic mass is 16.6. The third-order valence-electron chi connectivity index (χ3n) is 2.97. The van der Waals surface area contributed by atoms with Crippen molar-refractivity contribution in [3.63, 3.8) is 0 Å². The van der Waals surface area contributed by atoms with E-state index in [9.17, 15) is 10.1 Å². The molecule has 0 aliphatic carbocycles. The highest BCUT2D eigenvalue weighted by molar-refractivity contribution is 5.51. The van der Waals surface area contributed by atoms with Gasteiger partial charge < -0.3 is 9.64 Å². The summed E-state index contributed by atoms with van der Waals surface area (Å²) < 4.78 is 5.57. The van der Waals surface area contributed by atoms with Gasteiger partial charge in [-0.1, -0.05) is 0 Å². The van der Waals surface area contributed by atoms with Crippen molar-refractivity contribution in [3.05, 3.63) is 34.4 Å². The molecule has 0 aromatic heterocycles. The average Bonchev–Trinajstić information content (AvgIpc) is 2.78. The Balaban J connectivity index is 2.01. The fourth-order valence-corrected chi connectivity index (χ4v) is 2.12. The van der Waals surface area contributed by atoms with Gasteiger partial charge in [-0.05, 0) is 25.5 Å². The van der Waals surface area contributed by atoms with Crippen molar-refractivity contribution >= 4 is 11.4 Å². The SMILES string of the molecule is CCOC1CCN(c2ccc([N+](=O)[O-])cc2)C1. The molecule has 1 atom stereocenters. The topological polar surface area (TPSA) is 55.6 Å². The van der Waals surface area contributed by atoms with Crippen molar-refractivity contribution < 1.29 is 9.66 Å². The Labute approximate surface area is 100 Å². The van der Waals surface area contributed by atoms with Crippen LogP contribution in [0.4, 0.5) is 11.4 Å². The number of nitrogens with zero attached hydrogens (tertiary/aromatic N) is 2. The second-order valence-electron chi connectivity index (χ2n) is 4.09. The first kappa shape index (κ1) is 11.9. The van der Waals surface area contributed by atoms with Gasteiger partial charge in [0.2, 0.25) is 0 Å². The summed E-state index contributed by atoms with van der Waals surface area (Å²) in [6.45, 7) is 4.54. The van der Waals surface area contributed by atoms with E-state index >= 15 is 0 Å². The molecule has 1 aliphatic heterocycles. The number of benzene rings is 1. The molecule has 0 amide bonds. The van der Waals surface area contributed by atoms with Crippen LogP contribution in [0, 0.1) is 10.1 Å². The summed E-state index contributed by atoms with van der Waals surface area (Å²) in [7, 11) is 0. The Morgan fingerprint density at radius 3 is 2.76 bits per heavy atom. The van der Waals surface area contributed by atoms with Crippen molar-refractivity contribution in [2.45, 2.75) is 19.4 Å². The van der Waals surface area contributed by atoms with Crippen LogP contribution in [0.25, 0.3) is 0 Å². The second-order valence-corrected chi connectivity index (χ2v) is 4.09. The van der Waals surface area contributed by atoms with E-state index in [4.69, 9.17) is 4.74 Å². The van der Waals surface area contributed by atoms with Gasteiger partial charge in [0.25, 0.3) is 5.69 Å². The highest BCUT2D eigenvalue weighted by Crippen LogP contribution is 2.24. The maximum Gasteiger partial charge on any atom is 0.269 e. The molecular weight excluding hydrogens is 220 g/mol. The molecule has 0 saturated carbocycles. The number of anilines is 1. The number of nitro groups is 1. The normalized spacial score (nSPS) is 19.6. The summed E-state index contributed by atoms with van der Waals surface area (Å²) in [6, 6.07) is 6.69. The van der Waals surface area contributed by atoms with Gasteiger partial charge >= 0.3 is 0 Å². The molecule has 1 saturated heterocycles. The number of non-ortho nitro benzene ring substituents is 1. The van der Waals surface area contributed by atoms with Crippen LogP contribution in [-0.2, 0) is 4.74 Å². The minimum Gasteiger partial charge on any atom is -0.377 e. The van der Waals surface area contributed by atoms with Crippen LogP contribution in [0.1, 0.15) is 13.3 Å². The molecule has 0 bridgehead atoms. The summed E-state index contributed by atoms with van der Waals surface area (Å²) >= 11 is 0. The van der Waals surface area contributed by atoms with Crippen molar-refractivity contribution in [3.8, 4) is 0 Å². The standard InChI is InChI=1S/C12H16N2O3/c1-2-17-12-7-8-13(9-12)10-3-5-11(6-4-10)14(15)16/h3-6,12H,2,7-9H2,1H3. The van der Waals surface area contributed by atoms with E-state index in [2.05, 4.69) is 4.90 Å². The molecule has 5 heteroatoms. The zero-order valence-corrected chi connectivity index (χ0v) is 9.83. The molecule has 17 heavy (non-hydrogen) atoms. The predicted molar refractivity (Wildman–Crippen MR) is 65.3 cm³/mol. The largest absolute Gasteiger partial charge is 0.377 e. The van der Waals surface area contributed by atoms with Gasteiger partial charge in [-0.25, -0.2) is 0 Å². The van der Waals surface area contributed by atoms with Crippen molar-refractivity contribution in [2.75, 3.05) is 24.6 Å². The summed E-state index contributed by atoms with van der Waals surface area (Å²) in [5.74, 6) is 0. The van der Waals surface area contributed by atoms with Crippen LogP contribution in [-0.4, -0.2) is 30.7 Å². The van der Waals surface area contributed by atoms with Crippen LogP contribution < -0.4 is 4.90 Å². The van der Waals surface area contributed by atoms with Gasteiger partial charge in [-0.15, -0.1) is 0 Å². The molecule has 1 unspecified atom stereocenters. The van der Waals surface area contributed by atoms with E-state index in [1.165, 1.54) is 0 Å². The second kappa shape index (κ2) is 5.14. The molecule has 5 nitrogen and oxygen atoms in total. The third kappa shape index (κ3) is 2.74. The number of hydrogen-bond donors (Lipinski definition) is 0. The van der Waals surface area contributed by atoms with Crippen LogP contribution >= 0.6 is 0 Å². The van der Waals surface area contributed by atoms with Crippen LogP contribution in [0.3, 0.4) is 0 Å². The molecule has 1 heterocycles. The summed E-state index contributed by atoms with van der Waals surface area (Å²) in [5.41, 5.74) is 1.16. The zero-order chi connectivity index (χ0) is 12.3. The summed E-state index contributed by atoms with van der Waals surface area (Å²) in [6.07, 6.45) is 1.31. The van der Waals surface area contributed by atoms with Crippen LogP contribution in [0.2, 0.25) is 0 Å². The lowest BCUT2D eigenvalue weighted by Gasteiger charge is -2.18. The van der Waals surface area contributed by atoms with Crippen molar-refractivity contribution in [1.82, 2.24) is 0 Å². The molecular formula is C12H16N2O3. The Hall–Kier alpha value is -1.62. The molecule has 2 rings (SSSR count). The third-order valence-corrected chi connectivity index (χ3v) is 2.97. The summed E-state index contributed by atoms with van der Waals surface area (Å²) in [5, 5.41) is 10.5. The smallest absolute Gasteiger partial charge is 0.269 e. The molecule has 1 aliphatic rings. The lowest BCUT2D eigenvalue weighted by molar-refractivity contribution is -0.384. The highest BCUT2D eigenvalue weighted by Gasteiger charge is 2.23. The van der Waals surface area contributed by atoms with E-state index in [0.29, 0.717) is 0 Å². The molecule has 1 aromatic rings. The lowest BCUT2D eigenvalue weighted by atomic mass is 10.2. The van der Waals surface area contributed by atoms with Gasteiger partial charge in [-0.2, -0.15) is 0 Å². The van der Waals surface area contributed by atoms with Gasteiger partial charge in [0.1, 0.15) is 0 Å². The van der Waals surface area contributed by atoms with Gasteiger partial charge in [0.05, 0.1) is 11.0 Å². The molecule has 1 fully saturated rings. The minimum atomic E-state index is -0.378. The molecule has 92 valence electrons. The van der Waals surface area contributed by atoms with Gasteiger partial charge in [0, 0.05) is 37.5 Å². The number of ether oxygens (including phenoxy) is 1. The lowest BCUT2D eigenvalue weighted by Crippen LogP contribution is -2.22. The van der Waals surface area contributed by atoms with E-state index in [-0.39, 0.29) is 16.7 Å². The predicted octanol–water partition coefficient (Wildman–Crippen LogP) is 2.21. The van der Waals surface area contributed by atoms with Crippen LogP contribution in [0.5, 0.6) is 0 Å². The Bertz CT molecular complexity index is 391. The Kier molecular flexibility index (Phi) is 3.58. The first-order valence-electron chi connectivity index (χ1n) is 5.81. The van der Waals surface area contributed by atoms with E-state index in [1.54, 1.807) is 24.3 Å². The zero-order valence-electron chi connectivity index (χ0n) is 9.83. The summed E-state index contributed by atoms with van der Waals surface area (Å²) in [4.78, 5) is 12.4. The van der Waals surface area contributed by atoms with E-state index in [1.807, 2.05) is 6.92 Å². The number of nitro benzene ring substituents is 1. The maximum absolute atomic E-state index is 10.5. The monoisotopic (exact) mass is 236 g/mol. The molecule has 0 radical (unpaired) electrons. The quantitative estimate of drug-likeness (QED) is 0.594. The fraction of sp³-hybridized carbons (Fsp3) is 0.500. The average molecular weight is 236 g/mol. The van der Waals surface area contributed by atoms with E-state index < -0.39 is 0 Å². The first-order chi connectivity index (χ1) is 8.20.